The first kappa shape index (κ1) is 16.6. The van der Waals surface area contributed by atoms with E-state index in [1.165, 1.54) is 11.1 Å². The number of piperidine rings is 1. The smallest absolute Gasteiger partial charge is 0.234 e. The largest absolute Gasteiger partial charge is 0.336 e. The van der Waals surface area contributed by atoms with E-state index in [2.05, 4.69) is 16.3 Å². The van der Waals surface area contributed by atoms with Crippen LogP contribution < -0.4 is 0 Å². The summed E-state index contributed by atoms with van der Waals surface area (Å²) in [5.74, 6) is 0.280. The van der Waals surface area contributed by atoms with Gasteiger partial charge in [0.1, 0.15) is 9.84 Å². The number of thiophene rings is 1. The molecule has 4 nitrogen and oxygen atoms in total. The molecule has 2 unspecified atom stereocenters. The fourth-order valence-electron chi connectivity index (χ4n) is 5.15. The third-order valence-electron chi connectivity index (χ3n) is 6.39. The molecule has 0 N–H and O–H groups in total. The molecule has 1 aromatic heterocycles. The summed E-state index contributed by atoms with van der Waals surface area (Å²) in [5, 5.41) is 1.80. The van der Waals surface area contributed by atoms with Crippen LogP contribution in [0.4, 0.5) is 0 Å². The Morgan fingerprint density at radius 2 is 1.83 bits per heavy atom. The molecule has 0 radical (unpaired) electrons. The van der Waals surface area contributed by atoms with E-state index >= 15 is 0 Å². The number of hydrogen-bond donors (Lipinski definition) is 0. The second-order valence-electron chi connectivity index (χ2n) is 7.79. The van der Waals surface area contributed by atoms with Crippen molar-refractivity contribution in [2.45, 2.75) is 74.1 Å². The molecule has 0 spiro atoms. The van der Waals surface area contributed by atoms with Gasteiger partial charge in [-0.3, -0.25) is 4.79 Å². The maximum atomic E-state index is 13.6. The van der Waals surface area contributed by atoms with Crippen molar-refractivity contribution >= 4 is 27.1 Å². The van der Waals surface area contributed by atoms with Crippen LogP contribution in [0, 0.1) is 0 Å². The van der Waals surface area contributed by atoms with E-state index in [1.54, 1.807) is 11.3 Å². The van der Waals surface area contributed by atoms with Crippen molar-refractivity contribution in [2.75, 3.05) is 6.26 Å². The number of sulfone groups is 1. The Balaban J connectivity index is 1.63. The van der Waals surface area contributed by atoms with Gasteiger partial charge in [0.25, 0.3) is 0 Å². The topological polar surface area (TPSA) is 54.5 Å². The zero-order chi connectivity index (χ0) is 16.9. The molecule has 2 atom stereocenters. The van der Waals surface area contributed by atoms with Crippen molar-refractivity contribution in [1.29, 1.82) is 0 Å². The molecule has 24 heavy (non-hydrogen) atoms. The minimum Gasteiger partial charge on any atom is -0.336 e. The van der Waals surface area contributed by atoms with Gasteiger partial charge < -0.3 is 4.90 Å². The van der Waals surface area contributed by atoms with Crippen molar-refractivity contribution in [3.05, 3.63) is 22.4 Å². The van der Waals surface area contributed by atoms with E-state index in [1.807, 2.05) is 6.07 Å². The zero-order valence-corrected chi connectivity index (χ0v) is 15.7. The number of rotatable bonds is 3. The lowest BCUT2D eigenvalue weighted by atomic mass is 9.81. The van der Waals surface area contributed by atoms with Crippen molar-refractivity contribution < 1.29 is 13.2 Å². The highest BCUT2D eigenvalue weighted by molar-refractivity contribution is 7.91. The first-order valence-corrected chi connectivity index (χ1v) is 11.8. The number of amides is 1. The average Bonchev–Trinajstić information content (AvgIpc) is 3.25. The highest BCUT2D eigenvalue weighted by Gasteiger charge is 2.53. The standard InChI is InChI=1S/C18H25NO3S2/c1-24(21,22)15-11-13-6-7-14(12-15)19(13)17(20)18(8-2-3-9-18)16-5-4-10-23-16/h4-5,10,13-15H,2-3,6-9,11-12H2,1H3. The molecule has 4 rings (SSSR count). The van der Waals surface area contributed by atoms with Crippen LogP contribution in [0.3, 0.4) is 0 Å². The third-order valence-corrected chi connectivity index (χ3v) is 9.06. The molecule has 1 aliphatic carbocycles. The Bertz CT molecular complexity index is 705. The van der Waals surface area contributed by atoms with Gasteiger partial charge in [-0.05, 0) is 50.0 Å². The van der Waals surface area contributed by atoms with E-state index in [9.17, 15) is 13.2 Å². The lowest BCUT2D eigenvalue weighted by molar-refractivity contribution is -0.141. The van der Waals surface area contributed by atoms with Gasteiger partial charge in [-0.1, -0.05) is 18.9 Å². The number of fused-ring (bicyclic) bond motifs is 2. The summed E-state index contributed by atoms with van der Waals surface area (Å²) >= 11 is 1.70. The van der Waals surface area contributed by atoms with Crippen LogP contribution >= 0.6 is 11.3 Å². The van der Waals surface area contributed by atoms with Crippen molar-refractivity contribution in [3.63, 3.8) is 0 Å². The van der Waals surface area contributed by atoms with Crippen molar-refractivity contribution in [1.82, 2.24) is 4.90 Å². The quantitative estimate of drug-likeness (QED) is 0.825. The second-order valence-corrected chi connectivity index (χ2v) is 11.1. The normalized spacial score (nSPS) is 32.2. The van der Waals surface area contributed by atoms with E-state index in [4.69, 9.17) is 0 Å². The maximum Gasteiger partial charge on any atom is 0.234 e. The zero-order valence-electron chi connectivity index (χ0n) is 14.1. The molecule has 0 aromatic carbocycles. The molecule has 3 aliphatic rings. The van der Waals surface area contributed by atoms with Gasteiger partial charge in [-0.25, -0.2) is 8.42 Å². The molecule has 1 amide bonds. The molecule has 1 aromatic rings. The average molecular weight is 368 g/mol. The summed E-state index contributed by atoms with van der Waals surface area (Å²) in [7, 11) is -3.01. The van der Waals surface area contributed by atoms with Gasteiger partial charge in [-0.2, -0.15) is 0 Å². The number of nitrogens with zero attached hydrogens (tertiary/aromatic N) is 1. The summed E-state index contributed by atoms with van der Waals surface area (Å²) in [4.78, 5) is 16.9. The molecule has 3 heterocycles. The molecular weight excluding hydrogens is 342 g/mol. The van der Waals surface area contributed by atoms with Gasteiger partial charge in [-0.15, -0.1) is 11.3 Å². The van der Waals surface area contributed by atoms with Crippen LogP contribution in [-0.4, -0.2) is 42.8 Å². The Labute approximate surface area is 148 Å². The van der Waals surface area contributed by atoms with Crippen LogP contribution in [0.15, 0.2) is 17.5 Å². The van der Waals surface area contributed by atoms with Crippen LogP contribution in [-0.2, 0) is 20.0 Å². The summed E-state index contributed by atoms with van der Waals surface area (Å²) < 4.78 is 24.0. The summed E-state index contributed by atoms with van der Waals surface area (Å²) in [6.45, 7) is 0. The number of carbonyl (C=O) groups is 1. The fourth-order valence-corrected chi connectivity index (χ4v) is 7.27. The molecule has 1 saturated carbocycles. The predicted octanol–water partition coefficient (Wildman–Crippen LogP) is 3.13. The Morgan fingerprint density at radius 1 is 1.21 bits per heavy atom. The summed E-state index contributed by atoms with van der Waals surface area (Å²) in [6.07, 6.45) is 8.63. The lowest BCUT2D eigenvalue weighted by Crippen LogP contribution is -2.55. The fraction of sp³-hybridized carbons (Fsp3) is 0.722. The van der Waals surface area contributed by atoms with E-state index in [0.717, 1.165) is 38.5 Å². The first-order chi connectivity index (χ1) is 11.4. The molecule has 6 heteroatoms. The first-order valence-electron chi connectivity index (χ1n) is 8.97. The summed E-state index contributed by atoms with van der Waals surface area (Å²) in [5.41, 5.74) is -0.340. The maximum absolute atomic E-state index is 13.6. The van der Waals surface area contributed by atoms with Gasteiger partial charge in [0.15, 0.2) is 0 Å². The minimum atomic E-state index is -3.01. The SMILES string of the molecule is CS(=O)(=O)C1CC2CCC(C1)N2C(=O)C1(c2cccs2)CCCC1. The van der Waals surface area contributed by atoms with E-state index in [0.29, 0.717) is 12.8 Å². The Kier molecular flexibility index (Phi) is 4.03. The van der Waals surface area contributed by atoms with E-state index < -0.39 is 9.84 Å². The second kappa shape index (κ2) is 5.84. The third kappa shape index (κ3) is 2.53. The van der Waals surface area contributed by atoms with Gasteiger partial charge in [0.2, 0.25) is 5.91 Å². The number of carbonyl (C=O) groups excluding carboxylic acids is 1. The van der Waals surface area contributed by atoms with Crippen LogP contribution in [0.5, 0.6) is 0 Å². The van der Waals surface area contributed by atoms with Crippen molar-refractivity contribution in [2.24, 2.45) is 0 Å². The minimum absolute atomic E-state index is 0.119. The molecule has 2 aliphatic heterocycles. The molecular formula is C18H25NO3S2. The molecule has 132 valence electrons. The lowest BCUT2D eigenvalue weighted by Gasteiger charge is -2.43. The number of hydrogen-bond acceptors (Lipinski definition) is 4. The van der Waals surface area contributed by atoms with Crippen LogP contribution in [0.25, 0.3) is 0 Å². The Morgan fingerprint density at radius 3 is 2.33 bits per heavy atom. The highest BCUT2D eigenvalue weighted by atomic mass is 32.2. The molecule has 3 fully saturated rings. The highest BCUT2D eigenvalue weighted by Crippen LogP contribution is 2.48. The molecule has 2 bridgehead atoms. The van der Waals surface area contributed by atoms with Crippen LogP contribution in [0.2, 0.25) is 0 Å². The molecule has 2 saturated heterocycles. The van der Waals surface area contributed by atoms with Crippen LogP contribution in [0.1, 0.15) is 56.2 Å². The van der Waals surface area contributed by atoms with Gasteiger partial charge in [0, 0.05) is 23.2 Å². The Hall–Kier alpha value is -0.880. The predicted molar refractivity (Wildman–Crippen MR) is 96.0 cm³/mol. The van der Waals surface area contributed by atoms with Crippen molar-refractivity contribution in [3.8, 4) is 0 Å². The summed E-state index contributed by atoms with van der Waals surface area (Å²) in [6, 6.07) is 4.39. The monoisotopic (exact) mass is 367 g/mol. The van der Waals surface area contributed by atoms with Gasteiger partial charge in [0.05, 0.1) is 10.7 Å². The van der Waals surface area contributed by atoms with Gasteiger partial charge >= 0.3 is 0 Å². The van der Waals surface area contributed by atoms with E-state index in [-0.39, 0.29) is 28.7 Å².